The summed E-state index contributed by atoms with van der Waals surface area (Å²) in [4.78, 5) is 8.35. The lowest BCUT2D eigenvalue weighted by Crippen LogP contribution is -2.03. The van der Waals surface area contributed by atoms with Gasteiger partial charge in [-0.05, 0) is 24.3 Å². The first-order valence-corrected chi connectivity index (χ1v) is 12.3. The number of aromatic nitrogens is 6. The lowest BCUT2D eigenvalue weighted by atomic mass is 10.3. The first-order valence-electron chi connectivity index (χ1n) is 11.8. The van der Waals surface area contributed by atoms with Gasteiger partial charge >= 0.3 is 24.1 Å². The number of hydrogen-bond donors (Lipinski definition) is 3. The Balaban J connectivity index is 0.000000165. The van der Waals surface area contributed by atoms with E-state index in [0.717, 1.165) is 0 Å². The van der Waals surface area contributed by atoms with Crippen molar-refractivity contribution in [3.8, 4) is 11.5 Å². The molecule has 17 heteroatoms. The molecule has 0 aliphatic rings. The molecule has 4 heterocycles. The van der Waals surface area contributed by atoms with Gasteiger partial charge in [-0.25, -0.2) is 0 Å². The summed E-state index contributed by atoms with van der Waals surface area (Å²) in [6.45, 7) is 1.66. The van der Waals surface area contributed by atoms with Crippen LogP contribution in [0.4, 0.5) is 24.1 Å². The van der Waals surface area contributed by atoms with Crippen molar-refractivity contribution < 1.29 is 37.0 Å². The van der Waals surface area contributed by atoms with Gasteiger partial charge in [-0.15, -0.1) is 21.8 Å². The number of benzene rings is 2. The number of phenols is 1. The number of hydrogen-bond acceptors (Lipinski definition) is 16. The maximum absolute atomic E-state index is 9.25. The zero-order valence-corrected chi connectivity index (χ0v) is 22.6. The Morgan fingerprint density at radius 1 is 0.756 bits per heavy atom. The minimum atomic E-state index is 0.119. The number of halogens is 1. The van der Waals surface area contributed by atoms with E-state index in [9.17, 15) is 5.11 Å². The molecule has 0 aliphatic carbocycles. The Kier molecular flexibility index (Phi) is 10.6. The molecule has 0 radical (unpaired) electrons. The van der Waals surface area contributed by atoms with Gasteiger partial charge in [0, 0.05) is 32.2 Å². The van der Waals surface area contributed by atoms with Crippen LogP contribution in [0.15, 0.2) is 66.9 Å². The van der Waals surface area contributed by atoms with Crippen LogP contribution in [0.1, 0.15) is 0 Å². The summed E-state index contributed by atoms with van der Waals surface area (Å²) in [5.41, 5.74) is 2.40. The highest BCUT2D eigenvalue weighted by atomic mass is 35.5. The summed E-state index contributed by atoms with van der Waals surface area (Å²) in [6, 6.07) is 10.9. The summed E-state index contributed by atoms with van der Waals surface area (Å²) in [5, 5.41) is 29.1. The summed E-state index contributed by atoms with van der Waals surface area (Å²) in [7, 11) is 3.25. The second-order valence-corrected chi connectivity index (χ2v) is 7.96. The van der Waals surface area contributed by atoms with E-state index in [0.29, 0.717) is 53.6 Å². The normalized spacial score (nSPS) is 10.5. The van der Waals surface area contributed by atoms with Crippen molar-refractivity contribution in [1.82, 2.24) is 30.4 Å². The zero-order valence-electron chi connectivity index (χ0n) is 21.8. The van der Waals surface area contributed by atoms with Gasteiger partial charge in [-0.1, -0.05) is 10.2 Å². The molecule has 0 spiro atoms. The van der Waals surface area contributed by atoms with Crippen LogP contribution in [0, 0.1) is 0 Å². The molecular formula is C24H25ClN8O8. The van der Waals surface area contributed by atoms with Gasteiger partial charge in [0.2, 0.25) is 12.8 Å². The van der Waals surface area contributed by atoms with Gasteiger partial charge < -0.3 is 37.0 Å². The number of nitrogens with one attached hydrogen (secondary N) is 2. The van der Waals surface area contributed by atoms with Crippen molar-refractivity contribution in [2.45, 2.75) is 0 Å². The third kappa shape index (κ3) is 8.79. The van der Waals surface area contributed by atoms with Crippen molar-refractivity contribution in [3.63, 3.8) is 0 Å². The van der Waals surface area contributed by atoms with E-state index in [4.69, 9.17) is 38.7 Å². The van der Waals surface area contributed by atoms with Crippen LogP contribution in [0.25, 0.3) is 22.2 Å². The molecule has 216 valence electrons. The second kappa shape index (κ2) is 15.0. The molecular weight excluding hydrogens is 564 g/mol. The van der Waals surface area contributed by atoms with Gasteiger partial charge in [-0.2, -0.15) is 9.97 Å². The molecule has 6 aromatic rings. The van der Waals surface area contributed by atoms with Crippen molar-refractivity contribution >= 4 is 57.9 Å². The minimum Gasteiger partial charge on any atom is -0.508 e. The smallest absolute Gasteiger partial charge is 0.323 e. The molecule has 0 amide bonds. The molecule has 4 aromatic heterocycles. The number of fused-ring (bicyclic) bond motifs is 2. The highest BCUT2D eigenvalue weighted by Crippen LogP contribution is 2.26. The predicted octanol–water partition coefficient (Wildman–Crippen LogP) is 4.51. The summed E-state index contributed by atoms with van der Waals surface area (Å²) < 4.78 is 35.6. The van der Waals surface area contributed by atoms with E-state index in [2.05, 4.69) is 45.7 Å². The molecule has 0 saturated heterocycles. The third-order valence-corrected chi connectivity index (χ3v) is 4.87. The number of rotatable bonds is 10. The standard InChI is InChI=1S/C12H12N4O4.C9H6N4O3.C3H7ClO/c1-17-4-5-18-8-2-3-9-10(6-8)20-11(14-9)15-12-16-13-7-19-12;14-5-1-2-6-7(3-5)16-8(11-6)12-9-13-10-4-15-9;1-5-3-2-4/h2-3,6-7H,4-5H2,1H3,(H,14,15,16);1-4,14H,(H,11,12,13);2-3H2,1H3. The Bertz CT molecular complexity index is 1590. The zero-order chi connectivity index (χ0) is 28.9. The highest BCUT2D eigenvalue weighted by molar-refractivity contribution is 6.17. The Morgan fingerprint density at radius 2 is 1.34 bits per heavy atom. The second-order valence-electron chi connectivity index (χ2n) is 7.58. The number of methoxy groups -OCH3 is 2. The lowest BCUT2D eigenvalue weighted by Gasteiger charge is -2.03. The molecule has 41 heavy (non-hydrogen) atoms. The molecule has 0 atom stereocenters. The number of oxazole rings is 2. The number of aromatic hydroxyl groups is 1. The predicted molar refractivity (Wildman–Crippen MR) is 145 cm³/mol. The first-order chi connectivity index (χ1) is 20.1. The fourth-order valence-corrected chi connectivity index (χ4v) is 3.13. The molecule has 0 fully saturated rings. The number of anilines is 4. The maximum Gasteiger partial charge on any atom is 0.323 e. The van der Waals surface area contributed by atoms with Gasteiger partial charge in [0.15, 0.2) is 11.2 Å². The largest absolute Gasteiger partial charge is 0.508 e. The molecule has 0 bridgehead atoms. The fourth-order valence-electron chi connectivity index (χ4n) is 2.97. The topological polar surface area (TPSA) is 202 Å². The van der Waals surface area contributed by atoms with E-state index in [1.165, 1.54) is 24.9 Å². The van der Waals surface area contributed by atoms with Crippen LogP contribution in [-0.4, -0.2) is 75.4 Å². The van der Waals surface area contributed by atoms with Gasteiger partial charge in [0.05, 0.1) is 13.2 Å². The Labute approximate surface area is 236 Å². The quantitative estimate of drug-likeness (QED) is 0.149. The average Bonchev–Trinajstić information content (AvgIpc) is 3.78. The SMILES string of the molecule is COCCCl.COCCOc1ccc2nc(Nc3nnco3)oc2c1.Oc1ccc2nc(Nc3nnco3)oc2c1. The molecule has 16 nitrogen and oxygen atoms in total. The van der Waals surface area contributed by atoms with Gasteiger partial charge in [0.1, 0.15) is 29.1 Å². The Morgan fingerprint density at radius 3 is 1.85 bits per heavy atom. The van der Waals surface area contributed by atoms with Crippen molar-refractivity contribution in [2.24, 2.45) is 0 Å². The van der Waals surface area contributed by atoms with E-state index in [1.807, 2.05) is 6.07 Å². The number of phenolic OH excluding ortho intramolecular Hbond substituents is 1. The average molecular weight is 589 g/mol. The summed E-state index contributed by atoms with van der Waals surface area (Å²) in [6.07, 6.45) is 2.41. The van der Waals surface area contributed by atoms with Crippen LogP contribution in [0.5, 0.6) is 11.5 Å². The first kappa shape index (κ1) is 29.1. The van der Waals surface area contributed by atoms with Gasteiger partial charge in [0.25, 0.3) is 0 Å². The van der Waals surface area contributed by atoms with Crippen LogP contribution >= 0.6 is 11.6 Å². The van der Waals surface area contributed by atoms with Crippen molar-refractivity contribution in [2.75, 3.05) is 50.6 Å². The van der Waals surface area contributed by atoms with E-state index in [-0.39, 0.29) is 29.8 Å². The molecule has 0 aliphatic heterocycles. The number of nitrogens with zero attached hydrogens (tertiary/aromatic N) is 6. The molecule has 0 saturated carbocycles. The molecule has 6 rings (SSSR count). The molecule has 0 unspecified atom stereocenters. The summed E-state index contributed by atoms with van der Waals surface area (Å²) in [5.74, 6) is 1.40. The Hall–Kier alpha value is -4.93. The van der Waals surface area contributed by atoms with E-state index in [1.54, 1.807) is 32.4 Å². The number of alkyl halides is 1. The molecule has 2 aromatic carbocycles. The maximum atomic E-state index is 9.25. The lowest BCUT2D eigenvalue weighted by molar-refractivity contribution is 0.146. The third-order valence-electron chi connectivity index (χ3n) is 4.72. The number of ether oxygens (including phenoxy) is 3. The fraction of sp³-hybridized carbons (Fsp3) is 0.250. The van der Waals surface area contributed by atoms with E-state index < -0.39 is 0 Å². The van der Waals surface area contributed by atoms with Crippen LogP contribution < -0.4 is 15.4 Å². The van der Waals surface area contributed by atoms with Crippen LogP contribution in [-0.2, 0) is 9.47 Å². The van der Waals surface area contributed by atoms with E-state index >= 15 is 0 Å². The van der Waals surface area contributed by atoms with Gasteiger partial charge in [-0.3, -0.25) is 10.6 Å². The summed E-state index contributed by atoms with van der Waals surface area (Å²) >= 11 is 5.18. The van der Waals surface area contributed by atoms with Crippen LogP contribution in [0.3, 0.4) is 0 Å². The monoisotopic (exact) mass is 588 g/mol. The van der Waals surface area contributed by atoms with Crippen molar-refractivity contribution in [1.29, 1.82) is 0 Å². The minimum absolute atomic E-state index is 0.119. The highest BCUT2D eigenvalue weighted by Gasteiger charge is 2.10. The van der Waals surface area contributed by atoms with Crippen LogP contribution in [0.2, 0.25) is 0 Å². The molecule has 3 N–H and O–H groups in total. The van der Waals surface area contributed by atoms with Crippen molar-refractivity contribution in [3.05, 3.63) is 49.2 Å².